The van der Waals surface area contributed by atoms with Gasteiger partial charge in [-0.05, 0) is 42.8 Å². The summed E-state index contributed by atoms with van der Waals surface area (Å²) in [6.07, 6.45) is 1.57. The van der Waals surface area contributed by atoms with E-state index in [9.17, 15) is 10.1 Å². The van der Waals surface area contributed by atoms with Gasteiger partial charge in [-0.25, -0.2) is 0 Å². The first-order valence-electron chi connectivity index (χ1n) is 6.76. The number of hydrogen-bond donors (Lipinski definition) is 1. The number of nitrogens with zero attached hydrogens (tertiary/aromatic N) is 1. The molecule has 0 aliphatic heterocycles. The lowest BCUT2D eigenvalue weighted by Crippen LogP contribution is -2.13. The fourth-order valence-electron chi connectivity index (χ4n) is 1.85. The Morgan fingerprint density at radius 2 is 1.77 bits per heavy atom. The number of rotatable bonds is 4. The fraction of sp³-hybridized carbons (Fsp3) is 0.111. The predicted molar refractivity (Wildman–Crippen MR) is 86.4 cm³/mol. The molecule has 2 aromatic rings. The summed E-state index contributed by atoms with van der Waals surface area (Å²) in [6.45, 7) is 1.98. The topological polar surface area (TPSA) is 62.1 Å². The normalized spacial score (nSPS) is 10.7. The Bertz CT molecular complexity index is 723. The number of ether oxygens (including phenoxy) is 1. The monoisotopic (exact) mass is 292 g/mol. The molecule has 0 unspecified atom stereocenters. The number of anilines is 1. The molecule has 4 nitrogen and oxygen atoms in total. The molecule has 22 heavy (non-hydrogen) atoms. The maximum Gasteiger partial charge on any atom is 0.266 e. The van der Waals surface area contributed by atoms with Crippen LogP contribution in [-0.4, -0.2) is 13.0 Å². The van der Waals surface area contributed by atoms with E-state index >= 15 is 0 Å². The lowest BCUT2D eigenvalue weighted by Gasteiger charge is -2.05. The number of methoxy groups -OCH3 is 1. The minimum absolute atomic E-state index is 0.0553. The second-order valence-corrected chi connectivity index (χ2v) is 4.76. The van der Waals surface area contributed by atoms with Crippen molar-refractivity contribution in [3.05, 3.63) is 65.2 Å². The Labute approximate surface area is 129 Å². The van der Waals surface area contributed by atoms with Gasteiger partial charge in [-0.15, -0.1) is 0 Å². The molecule has 1 amide bonds. The molecule has 0 aromatic heterocycles. The molecular weight excluding hydrogens is 276 g/mol. The van der Waals surface area contributed by atoms with E-state index in [1.807, 2.05) is 37.3 Å². The van der Waals surface area contributed by atoms with E-state index in [-0.39, 0.29) is 5.57 Å². The van der Waals surface area contributed by atoms with Crippen molar-refractivity contribution in [2.75, 3.05) is 12.4 Å². The molecule has 0 heterocycles. The molecule has 2 aromatic carbocycles. The first-order valence-corrected chi connectivity index (χ1v) is 6.76. The molecule has 0 fully saturated rings. The van der Waals surface area contributed by atoms with Crippen LogP contribution in [0.2, 0.25) is 0 Å². The standard InChI is InChI=1S/C18H16N2O2/c1-13-3-5-14(6-4-13)11-15(12-19)18(21)20-16-7-9-17(22-2)10-8-16/h3-11H,1-2H3,(H,20,21)/b15-11-. The second-order valence-electron chi connectivity index (χ2n) is 4.76. The van der Waals surface area contributed by atoms with Crippen LogP contribution in [0.1, 0.15) is 11.1 Å². The number of nitrogens with one attached hydrogen (secondary N) is 1. The number of hydrogen-bond acceptors (Lipinski definition) is 3. The van der Waals surface area contributed by atoms with Crippen molar-refractivity contribution in [3.63, 3.8) is 0 Å². The zero-order chi connectivity index (χ0) is 15.9. The minimum Gasteiger partial charge on any atom is -0.497 e. The fourth-order valence-corrected chi connectivity index (χ4v) is 1.85. The summed E-state index contributed by atoms with van der Waals surface area (Å²) >= 11 is 0. The summed E-state index contributed by atoms with van der Waals surface area (Å²) in [7, 11) is 1.58. The van der Waals surface area contributed by atoms with Crippen LogP contribution in [-0.2, 0) is 4.79 Å². The maximum atomic E-state index is 12.1. The quantitative estimate of drug-likeness (QED) is 0.692. The first-order chi connectivity index (χ1) is 10.6. The van der Waals surface area contributed by atoms with Crippen LogP contribution in [0.15, 0.2) is 54.1 Å². The maximum absolute atomic E-state index is 12.1. The minimum atomic E-state index is -0.437. The van der Waals surface area contributed by atoms with E-state index in [1.54, 1.807) is 37.5 Å². The van der Waals surface area contributed by atoms with Crippen LogP contribution in [0, 0.1) is 18.3 Å². The van der Waals surface area contributed by atoms with Crippen LogP contribution in [0.25, 0.3) is 6.08 Å². The Morgan fingerprint density at radius 1 is 1.14 bits per heavy atom. The Kier molecular flexibility index (Phi) is 4.94. The van der Waals surface area contributed by atoms with Crippen molar-refractivity contribution in [3.8, 4) is 11.8 Å². The number of carbonyl (C=O) groups excluding carboxylic acids is 1. The number of amides is 1. The van der Waals surface area contributed by atoms with Gasteiger partial charge in [-0.3, -0.25) is 4.79 Å². The number of carbonyl (C=O) groups is 1. The highest BCUT2D eigenvalue weighted by Gasteiger charge is 2.09. The van der Waals surface area contributed by atoms with Crippen LogP contribution in [0.5, 0.6) is 5.75 Å². The summed E-state index contributed by atoms with van der Waals surface area (Å²) in [6, 6.07) is 16.5. The van der Waals surface area contributed by atoms with Crippen LogP contribution in [0.3, 0.4) is 0 Å². The SMILES string of the molecule is COc1ccc(NC(=O)/C(C#N)=C\c2ccc(C)cc2)cc1. The molecular formula is C18H16N2O2. The van der Waals surface area contributed by atoms with Gasteiger partial charge in [0.1, 0.15) is 17.4 Å². The largest absolute Gasteiger partial charge is 0.497 e. The van der Waals surface area contributed by atoms with Gasteiger partial charge in [0.05, 0.1) is 7.11 Å². The smallest absolute Gasteiger partial charge is 0.266 e. The molecule has 0 saturated carbocycles. The Hall–Kier alpha value is -3.06. The van der Waals surface area contributed by atoms with Crippen LogP contribution in [0.4, 0.5) is 5.69 Å². The van der Waals surface area contributed by atoms with Crippen molar-refractivity contribution in [2.24, 2.45) is 0 Å². The predicted octanol–water partition coefficient (Wildman–Crippen LogP) is 3.55. The van der Waals surface area contributed by atoms with E-state index in [2.05, 4.69) is 5.32 Å². The van der Waals surface area contributed by atoms with Gasteiger partial charge < -0.3 is 10.1 Å². The first kappa shape index (κ1) is 15.3. The summed E-state index contributed by atoms with van der Waals surface area (Å²) in [4.78, 5) is 12.1. The molecule has 0 aliphatic rings. The summed E-state index contributed by atoms with van der Waals surface area (Å²) in [5, 5.41) is 11.9. The lowest BCUT2D eigenvalue weighted by atomic mass is 10.1. The molecule has 0 bridgehead atoms. The number of aryl methyl sites for hydroxylation is 1. The van der Waals surface area contributed by atoms with Gasteiger partial charge in [0.25, 0.3) is 5.91 Å². The van der Waals surface area contributed by atoms with Crippen molar-refractivity contribution < 1.29 is 9.53 Å². The van der Waals surface area contributed by atoms with Gasteiger partial charge in [0.15, 0.2) is 0 Å². The third-order valence-corrected chi connectivity index (χ3v) is 3.10. The van der Waals surface area contributed by atoms with Crippen molar-refractivity contribution >= 4 is 17.7 Å². The van der Waals surface area contributed by atoms with Gasteiger partial charge in [-0.2, -0.15) is 5.26 Å². The van der Waals surface area contributed by atoms with Gasteiger partial charge in [0.2, 0.25) is 0 Å². The molecule has 0 spiro atoms. The molecule has 1 N–H and O–H groups in total. The average Bonchev–Trinajstić information content (AvgIpc) is 2.55. The molecule has 0 radical (unpaired) electrons. The van der Waals surface area contributed by atoms with Crippen LogP contribution >= 0.6 is 0 Å². The average molecular weight is 292 g/mol. The van der Waals surface area contributed by atoms with Gasteiger partial charge in [0, 0.05) is 5.69 Å². The molecule has 0 atom stereocenters. The van der Waals surface area contributed by atoms with Crippen LogP contribution < -0.4 is 10.1 Å². The van der Waals surface area contributed by atoms with Gasteiger partial charge in [-0.1, -0.05) is 29.8 Å². The van der Waals surface area contributed by atoms with E-state index in [0.29, 0.717) is 11.4 Å². The molecule has 0 aliphatic carbocycles. The lowest BCUT2D eigenvalue weighted by molar-refractivity contribution is -0.112. The molecule has 0 saturated heterocycles. The third kappa shape index (κ3) is 3.97. The highest BCUT2D eigenvalue weighted by Crippen LogP contribution is 2.16. The molecule has 110 valence electrons. The zero-order valence-corrected chi connectivity index (χ0v) is 12.5. The summed E-state index contributed by atoms with van der Waals surface area (Å²) < 4.78 is 5.05. The van der Waals surface area contributed by atoms with E-state index < -0.39 is 5.91 Å². The summed E-state index contributed by atoms with van der Waals surface area (Å²) in [5.41, 5.74) is 2.60. The third-order valence-electron chi connectivity index (χ3n) is 3.10. The highest BCUT2D eigenvalue weighted by atomic mass is 16.5. The number of nitriles is 1. The number of benzene rings is 2. The highest BCUT2D eigenvalue weighted by molar-refractivity contribution is 6.09. The van der Waals surface area contributed by atoms with E-state index in [4.69, 9.17) is 4.74 Å². The van der Waals surface area contributed by atoms with Crippen molar-refractivity contribution in [1.29, 1.82) is 5.26 Å². The Balaban J connectivity index is 2.14. The van der Waals surface area contributed by atoms with Gasteiger partial charge >= 0.3 is 0 Å². The van der Waals surface area contributed by atoms with E-state index in [1.165, 1.54) is 0 Å². The Morgan fingerprint density at radius 3 is 2.32 bits per heavy atom. The zero-order valence-electron chi connectivity index (χ0n) is 12.5. The summed E-state index contributed by atoms with van der Waals surface area (Å²) in [5.74, 6) is 0.266. The van der Waals surface area contributed by atoms with Crippen molar-refractivity contribution in [1.82, 2.24) is 0 Å². The molecule has 4 heteroatoms. The van der Waals surface area contributed by atoms with Crippen molar-refractivity contribution in [2.45, 2.75) is 6.92 Å². The van der Waals surface area contributed by atoms with E-state index in [0.717, 1.165) is 11.1 Å². The molecule has 2 rings (SSSR count). The second kappa shape index (κ2) is 7.09.